The van der Waals surface area contributed by atoms with Gasteiger partial charge in [-0.2, -0.15) is 0 Å². The van der Waals surface area contributed by atoms with E-state index >= 15 is 0 Å². The number of benzene rings is 1. The fourth-order valence-corrected chi connectivity index (χ4v) is 2.28. The molecule has 8 heteroatoms. The van der Waals surface area contributed by atoms with E-state index in [1.54, 1.807) is 7.05 Å². The molecule has 0 saturated heterocycles. The standard InChI is InChI=1S/C21H35N5O3/c1-7-15(2)18(27)26-17-10-8-9-16(13-17)14-25-19(22-6)23-11-12-24-20(28)29-21(3,4)5/h8-10,13,15H,7,11-12,14H2,1-6H3,(H,24,28)(H,26,27)(H2,22,23,25). The third-order valence-electron chi connectivity index (χ3n) is 4.02. The van der Waals surface area contributed by atoms with E-state index in [2.05, 4.69) is 26.3 Å². The molecule has 8 nitrogen and oxygen atoms in total. The molecule has 2 amide bonds. The molecule has 0 bridgehead atoms. The molecule has 1 atom stereocenters. The van der Waals surface area contributed by atoms with Crippen LogP contribution in [0.1, 0.15) is 46.6 Å². The monoisotopic (exact) mass is 405 g/mol. The average molecular weight is 406 g/mol. The smallest absolute Gasteiger partial charge is 0.407 e. The van der Waals surface area contributed by atoms with Crippen molar-refractivity contribution in [2.45, 2.75) is 53.2 Å². The lowest BCUT2D eigenvalue weighted by Crippen LogP contribution is -2.42. The Morgan fingerprint density at radius 3 is 2.45 bits per heavy atom. The first-order valence-electron chi connectivity index (χ1n) is 9.95. The number of hydrogen-bond donors (Lipinski definition) is 4. The van der Waals surface area contributed by atoms with E-state index in [4.69, 9.17) is 4.74 Å². The second kappa shape index (κ2) is 11.9. The van der Waals surface area contributed by atoms with Crippen molar-refractivity contribution in [3.8, 4) is 0 Å². The van der Waals surface area contributed by atoms with Crippen LogP contribution in [0.5, 0.6) is 0 Å². The predicted molar refractivity (Wildman–Crippen MR) is 117 cm³/mol. The zero-order valence-electron chi connectivity index (χ0n) is 18.4. The molecule has 29 heavy (non-hydrogen) atoms. The maximum Gasteiger partial charge on any atom is 0.407 e. The van der Waals surface area contributed by atoms with Gasteiger partial charge < -0.3 is 26.0 Å². The summed E-state index contributed by atoms with van der Waals surface area (Å²) in [6.45, 7) is 10.8. The lowest BCUT2D eigenvalue weighted by molar-refractivity contribution is -0.119. The molecule has 0 aliphatic carbocycles. The maximum absolute atomic E-state index is 12.0. The fraction of sp³-hybridized carbons (Fsp3) is 0.571. The van der Waals surface area contributed by atoms with Crippen molar-refractivity contribution in [2.24, 2.45) is 10.9 Å². The fourth-order valence-electron chi connectivity index (χ4n) is 2.28. The van der Waals surface area contributed by atoms with Gasteiger partial charge >= 0.3 is 6.09 Å². The number of nitrogens with zero attached hydrogens (tertiary/aromatic N) is 1. The highest BCUT2D eigenvalue weighted by molar-refractivity contribution is 5.92. The van der Waals surface area contributed by atoms with Gasteiger partial charge in [-0.15, -0.1) is 0 Å². The number of hydrogen-bond acceptors (Lipinski definition) is 4. The van der Waals surface area contributed by atoms with Crippen LogP contribution < -0.4 is 21.3 Å². The molecule has 0 aliphatic rings. The second-order valence-corrected chi connectivity index (χ2v) is 7.78. The Morgan fingerprint density at radius 1 is 1.14 bits per heavy atom. The highest BCUT2D eigenvalue weighted by Crippen LogP contribution is 2.13. The minimum absolute atomic E-state index is 0.0194. The minimum atomic E-state index is -0.516. The summed E-state index contributed by atoms with van der Waals surface area (Å²) >= 11 is 0. The third kappa shape index (κ3) is 10.4. The van der Waals surface area contributed by atoms with Gasteiger partial charge in [0.1, 0.15) is 5.60 Å². The molecule has 0 heterocycles. The van der Waals surface area contributed by atoms with Gasteiger partial charge in [0.15, 0.2) is 5.96 Å². The summed E-state index contributed by atoms with van der Waals surface area (Å²) in [6, 6.07) is 7.69. The first-order chi connectivity index (χ1) is 13.6. The first-order valence-corrected chi connectivity index (χ1v) is 9.95. The Kier molecular flexibility index (Phi) is 9.99. The summed E-state index contributed by atoms with van der Waals surface area (Å²) in [5.74, 6) is 0.617. The van der Waals surface area contributed by atoms with Crippen LogP contribution in [0.4, 0.5) is 10.5 Å². The van der Waals surface area contributed by atoms with Crippen molar-refractivity contribution in [2.75, 3.05) is 25.5 Å². The molecule has 1 unspecified atom stereocenters. The van der Waals surface area contributed by atoms with Gasteiger partial charge in [0.25, 0.3) is 0 Å². The van der Waals surface area contributed by atoms with Gasteiger partial charge in [-0.3, -0.25) is 9.79 Å². The van der Waals surface area contributed by atoms with E-state index in [1.807, 2.05) is 58.9 Å². The lowest BCUT2D eigenvalue weighted by Gasteiger charge is -2.20. The molecule has 0 spiro atoms. The largest absolute Gasteiger partial charge is 0.444 e. The van der Waals surface area contributed by atoms with Crippen molar-refractivity contribution < 1.29 is 14.3 Å². The lowest BCUT2D eigenvalue weighted by atomic mass is 10.1. The van der Waals surface area contributed by atoms with Gasteiger partial charge in [-0.1, -0.05) is 26.0 Å². The number of carbonyl (C=O) groups is 2. The molecular formula is C21H35N5O3. The maximum atomic E-state index is 12.0. The van der Waals surface area contributed by atoms with Crippen LogP contribution in [0, 0.1) is 5.92 Å². The van der Waals surface area contributed by atoms with Gasteiger partial charge in [0.2, 0.25) is 5.91 Å². The normalized spacial score (nSPS) is 12.7. The van der Waals surface area contributed by atoms with Crippen molar-refractivity contribution in [3.63, 3.8) is 0 Å². The molecule has 0 aromatic heterocycles. The minimum Gasteiger partial charge on any atom is -0.444 e. The van der Waals surface area contributed by atoms with Crippen LogP contribution in [0.15, 0.2) is 29.3 Å². The summed E-state index contributed by atoms with van der Waals surface area (Å²) in [5, 5.41) is 12.0. The number of aliphatic imine (C=N–C) groups is 1. The molecular weight excluding hydrogens is 370 g/mol. The molecule has 1 aromatic rings. The molecule has 0 saturated carbocycles. The molecule has 0 radical (unpaired) electrons. The summed E-state index contributed by atoms with van der Waals surface area (Å²) < 4.78 is 5.18. The number of carbonyl (C=O) groups excluding carboxylic acids is 2. The Morgan fingerprint density at radius 2 is 1.83 bits per heavy atom. The number of anilines is 1. The van der Waals surface area contributed by atoms with Crippen molar-refractivity contribution in [1.29, 1.82) is 0 Å². The molecule has 1 aromatic carbocycles. The van der Waals surface area contributed by atoms with Crippen LogP contribution in [0.3, 0.4) is 0 Å². The molecule has 162 valence electrons. The van der Waals surface area contributed by atoms with E-state index in [1.165, 1.54) is 0 Å². The quantitative estimate of drug-likeness (QED) is 0.302. The van der Waals surface area contributed by atoms with E-state index in [-0.39, 0.29) is 11.8 Å². The topological polar surface area (TPSA) is 104 Å². The summed E-state index contributed by atoms with van der Waals surface area (Å²) in [4.78, 5) is 27.8. The Hall–Kier alpha value is -2.77. The van der Waals surface area contributed by atoms with Crippen LogP contribution in [-0.4, -0.2) is 43.7 Å². The number of rotatable bonds is 8. The Balaban J connectivity index is 2.42. The molecule has 4 N–H and O–H groups in total. The molecule has 0 fully saturated rings. The van der Waals surface area contributed by atoms with Gasteiger partial charge in [-0.05, 0) is 44.9 Å². The molecule has 1 rings (SSSR count). The van der Waals surface area contributed by atoms with Crippen LogP contribution in [0.25, 0.3) is 0 Å². The zero-order chi connectivity index (χ0) is 21.9. The third-order valence-corrected chi connectivity index (χ3v) is 4.02. The van der Waals surface area contributed by atoms with Crippen LogP contribution in [0.2, 0.25) is 0 Å². The van der Waals surface area contributed by atoms with Crippen molar-refractivity contribution >= 4 is 23.6 Å². The van der Waals surface area contributed by atoms with E-state index in [0.29, 0.717) is 25.6 Å². The Bertz CT molecular complexity index is 698. The number of nitrogens with one attached hydrogen (secondary N) is 4. The summed E-state index contributed by atoms with van der Waals surface area (Å²) in [7, 11) is 1.68. The van der Waals surface area contributed by atoms with Gasteiger partial charge in [0, 0.05) is 38.3 Å². The van der Waals surface area contributed by atoms with Gasteiger partial charge in [0.05, 0.1) is 0 Å². The average Bonchev–Trinajstić information content (AvgIpc) is 2.65. The van der Waals surface area contributed by atoms with E-state index in [0.717, 1.165) is 17.7 Å². The SMILES string of the molecule is CCC(C)C(=O)Nc1cccc(CNC(=NC)NCCNC(=O)OC(C)(C)C)c1. The highest BCUT2D eigenvalue weighted by atomic mass is 16.6. The van der Waals surface area contributed by atoms with Crippen LogP contribution >= 0.6 is 0 Å². The number of amides is 2. The van der Waals surface area contributed by atoms with Gasteiger partial charge in [-0.25, -0.2) is 4.79 Å². The zero-order valence-corrected chi connectivity index (χ0v) is 18.4. The second-order valence-electron chi connectivity index (χ2n) is 7.78. The van der Waals surface area contributed by atoms with E-state index in [9.17, 15) is 9.59 Å². The summed E-state index contributed by atoms with van der Waals surface area (Å²) in [6.07, 6.45) is 0.358. The predicted octanol–water partition coefficient (Wildman–Crippen LogP) is 2.86. The van der Waals surface area contributed by atoms with Crippen molar-refractivity contribution in [3.05, 3.63) is 29.8 Å². The highest BCUT2D eigenvalue weighted by Gasteiger charge is 2.15. The number of guanidine groups is 1. The first kappa shape index (κ1) is 24.3. The molecule has 0 aliphatic heterocycles. The Labute approximate surface area is 173 Å². The van der Waals surface area contributed by atoms with E-state index < -0.39 is 11.7 Å². The number of ether oxygens (including phenoxy) is 1. The van der Waals surface area contributed by atoms with Crippen molar-refractivity contribution in [1.82, 2.24) is 16.0 Å². The van der Waals surface area contributed by atoms with Crippen LogP contribution in [-0.2, 0) is 16.1 Å². The summed E-state index contributed by atoms with van der Waals surface area (Å²) in [5.41, 5.74) is 1.28. The number of alkyl carbamates (subject to hydrolysis) is 1.